The lowest BCUT2D eigenvalue weighted by atomic mass is 10.0. The van der Waals surface area contributed by atoms with Crippen LogP contribution in [0.1, 0.15) is 27.0 Å². The highest BCUT2D eigenvalue weighted by molar-refractivity contribution is 7.07. The van der Waals surface area contributed by atoms with Gasteiger partial charge in [0, 0.05) is 0 Å². The summed E-state index contributed by atoms with van der Waals surface area (Å²) in [6.07, 6.45) is 0. The van der Waals surface area contributed by atoms with Crippen LogP contribution in [0.2, 0.25) is 0 Å². The van der Waals surface area contributed by atoms with E-state index >= 15 is 0 Å². The van der Waals surface area contributed by atoms with Crippen molar-refractivity contribution in [2.24, 2.45) is 0 Å². The average Bonchev–Trinajstić information content (AvgIpc) is 2.93. The van der Waals surface area contributed by atoms with Gasteiger partial charge in [-0.05, 0) is 53.4 Å². The van der Waals surface area contributed by atoms with E-state index in [4.69, 9.17) is 0 Å². The summed E-state index contributed by atoms with van der Waals surface area (Å²) in [5.41, 5.74) is 4.35. The summed E-state index contributed by atoms with van der Waals surface area (Å²) in [5, 5.41) is 3.97. The monoisotopic (exact) mass is 271 g/mol. The van der Waals surface area contributed by atoms with E-state index in [-0.39, 0.29) is 0 Å². The molecule has 0 aliphatic carbocycles. The van der Waals surface area contributed by atoms with E-state index in [1.165, 1.54) is 0 Å². The number of ketones is 1. The Hall–Kier alpha value is -1.94. The Morgan fingerprint density at radius 3 is 2.68 bits per heavy atom. The van der Waals surface area contributed by atoms with Crippen molar-refractivity contribution < 1.29 is 9.59 Å². The summed E-state index contributed by atoms with van der Waals surface area (Å²) >= 11 is 1.59. The van der Waals surface area contributed by atoms with E-state index in [1.807, 2.05) is 36.7 Å². The lowest BCUT2D eigenvalue weighted by Gasteiger charge is -2.18. The summed E-state index contributed by atoms with van der Waals surface area (Å²) in [4.78, 5) is 25.8. The normalized spacial score (nSPS) is 14.1. The van der Waals surface area contributed by atoms with Crippen molar-refractivity contribution in [1.82, 2.24) is 0 Å². The molecule has 0 unspecified atom stereocenters. The Balaban J connectivity index is 2.09. The third-order valence-electron chi connectivity index (χ3n) is 3.32. The number of carbonyl (C=O) groups excluding carboxylic acids is 2. The lowest BCUT2D eigenvalue weighted by molar-refractivity contribution is -0.114. The van der Waals surface area contributed by atoms with Gasteiger partial charge >= 0.3 is 0 Å². The summed E-state index contributed by atoms with van der Waals surface area (Å²) < 4.78 is 0. The zero-order valence-corrected chi connectivity index (χ0v) is 11.6. The zero-order chi connectivity index (χ0) is 13.6. The second-order valence-electron chi connectivity index (χ2n) is 4.83. The average molecular weight is 271 g/mol. The van der Waals surface area contributed by atoms with Crippen LogP contribution in [-0.4, -0.2) is 11.7 Å². The molecule has 0 N–H and O–H groups in total. The number of nitrogens with zero attached hydrogens (tertiary/aromatic N) is 1. The molecule has 1 amide bonds. The van der Waals surface area contributed by atoms with Gasteiger partial charge in [0.1, 0.15) is 0 Å². The van der Waals surface area contributed by atoms with Gasteiger partial charge in [0.15, 0.2) is 0 Å². The molecule has 0 fully saturated rings. The van der Waals surface area contributed by atoms with Crippen molar-refractivity contribution in [3.05, 3.63) is 51.2 Å². The van der Waals surface area contributed by atoms with E-state index in [0.29, 0.717) is 12.1 Å². The van der Waals surface area contributed by atoms with Gasteiger partial charge < -0.3 is 4.90 Å². The maximum atomic E-state index is 12.1. The van der Waals surface area contributed by atoms with Gasteiger partial charge in [-0.25, -0.2) is 0 Å². The SMILES string of the molecule is Cc1cc(C)c2c(c1)C(=O)C(=O)N2Cc1ccsc1. The van der Waals surface area contributed by atoms with Crippen molar-refractivity contribution in [2.75, 3.05) is 4.90 Å². The Kier molecular flexibility index (Phi) is 2.75. The molecular formula is C15H13NO2S. The minimum Gasteiger partial charge on any atom is -0.300 e. The number of Topliss-reactive ketones (excluding diaryl/α,β-unsaturated/α-hetero) is 1. The van der Waals surface area contributed by atoms with Crippen molar-refractivity contribution in [3.63, 3.8) is 0 Å². The quantitative estimate of drug-likeness (QED) is 0.787. The van der Waals surface area contributed by atoms with Crippen LogP contribution in [0, 0.1) is 13.8 Å². The topological polar surface area (TPSA) is 37.4 Å². The fourth-order valence-electron chi connectivity index (χ4n) is 2.55. The highest BCUT2D eigenvalue weighted by atomic mass is 32.1. The number of hydrogen-bond acceptors (Lipinski definition) is 3. The predicted molar refractivity (Wildman–Crippen MR) is 75.8 cm³/mol. The first-order chi connectivity index (χ1) is 9.08. The van der Waals surface area contributed by atoms with Crippen LogP contribution in [0.25, 0.3) is 0 Å². The van der Waals surface area contributed by atoms with E-state index in [9.17, 15) is 9.59 Å². The second-order valence-corrected chi connectivity index (χ2v) is 5.61. The number of carbonyl (C=O) groups is 2. The number of anilines is 1. The molecule has 3 rings (SSSR count). The number of aryl methyl sites for hydroxylation is 2. The second kappa shape index (κ2) is 4.31. The van der Waals surface area contributed by atoms with Crippen LogP contribution >= 0.6 is 11.3 Å². The van der Waals surface area contributed by atoms with Crippen molar-refractivity contribution in [1.29, 1.82) is 0 Å². The van der Waals surface area contributed by atoms with Crippen LogP contribution in [0.5, 0.6) is 0 Å². The van der Waals surface area contributed by atoms with Crippen LogP contribution in [0.4, 0.5) is 5.69 Å². The molecule has 2 heterocycles. The molecular weight excluding hydrogens is 258 g/mol. The first-order valence-corrected chi connectivity index (χ1v) is 7.00. The van der Waals surface area contributed by atoms with Crippen molar-refractivity contribution >= 4 is 28.7 Å². The molecule has 96 valence electrons. The molecule has 2 aromatic rings. The maximum Gasteiger partial charge on any atom is 0.299 e. The smallest absolute Gasteiger partial charge is 0.299 e. The largest absolute Gasteiger partial charge is 0.300 e. The van der Waals surface area contributed by atoms with Crippen LogP contribution in [0.3, 0.4) is 0 Å². The number of amides is 1. The Bertz CT molecular complexity index is 674. The molecule has 4 heteroatoms. The maximum absolute atomic E-state index is 12.1. The first-order valence-electron chi connectivity index (χ1n) is 6.06. The molecule has 1 aromatic heterocycles. The van der Waals surface area contributed by atoms with Gasteiger partial charge in [-0.15, -0.1) is 0 Å². The first kappa shape index (κ1) is 12.1. The van der Waals surface area contributed by atoms with Crippen molar-refractivity contribution in [2.45, 2.75) is 20.4 Å². The fourth-order valence-corrected chi connectivity index (χ4v) is 3.21. The fraction of sp³-hybridized carbons (Fsp3) is 0.200. The molecule has 3 nitrogen and oxygen atoms in total. The summed E-state index contributed by atoms with van der Waals surface area (Å²) in [6, 6.07) is 5.78. The van der Waals surface area contributed by atoms with Gasteiger partial charge in [0.25, 0.3) is 11.7 Å². The van der Waals surface area contributed by atoms with Gasteiger partial charge in [-0.2, -0.15) is 11.3 Å². The minimum atomic E-state index is -0.421. The number of fused-ring (bicyclic) bond motifs is 1. The number of benzene rings is 1. The summed E-state index contributed by atoms with van der Waals surface area (Å²) in [6.45, 7) is 4.34. The van der Waals surface area contributed by atoms with Gasteiger partial charge in [-0.1, -0.05) is 6.07 Å². The molecule has 1 aliphatic heterocycles. The molecule has 0 saturated heterocycles. The van der Waals surface area contributed by atoms with E-state index in [1.54, 1.807) is 22.3 Å². The van der Waals surface area contributed by atoms with Crippen LogP contribution in [-0.2, 0) is 11.3 Å². The molecule has 19 heavy (non-hydrogen) atoms. The standard InChI is InChI=1S/C15H13NO2S/c1-9-5-10(2)13-12(6-9)14(17)15(18)16(13)7-11-3-4-19-8-11/h3-6,8H,7H2,1-2H3. The van der Waals surface area contributed by atoms with Gasteiger partial charge in [-0.3, -0.25) is 9.59 Å². The lowest BCUT2D eigenvalue weighted by Crippen LogP contribution is -2.29. The molecule has 1 aliphatic rings. The van der Waals surface area contributed by atoms with E-state index < -0.39 is 11.7 Å². The molecule has 0 atom stereocenters. The third kappa shape index (κ3) is 1.88. The minimum absolute atomic E-state index is 0.392. The zero-order valence-electron chi connectivity index (χ0n) is 10.8. The summed E-state index contributed by atoms with van der Waals surface area (Å²) in [5.74, 6) is -0.813. The van der Waals surface area contributed by atoms with Crippen LogP contribution < -0.4 is 4.90 Å². The van der Waals surface area contributed by atoms with Crippen molar-refractivity contribution in [3.8, 4) is 0 Å². The number of thiophene rings is 1. The van der Waals surface area contributed by atoms with E-state index in [2.05, 4.69) is 0 Å². The van der Waals surface area contributed by atoms with Crippen LogP contribution in [0.15, 0.2) is 29.0 Å². The summed E-state index contributed by atoms with van der Waals surface area (Å²) in [7, 11) is 0. The van der Waals surface area contributed by atoms with Gasteiger partial charge in [0.05, 0.1) is 17.8 Å². The number of hydrogen-bond donors (Lipinski definition) is 0. The highest BCUT2D eigenvalue weighted by Gasteiger charge is 2.37. The number of rotatable bonds is 2. The predicted octanol–water partition coefficient (Wildman–Crippen LogP) is 3.09. The van der Waals surface area contributed by atoms with Gasteiger partial charge in [0.2, 0.25) is 0 Å². The molecule has 1 aromatic carbocycles. The molecule has 0 radical (unpaired) electrons. The Morgan fingerprint density at radius 2 is 2.00 bits per heavy atom. The molecule has 0 spiro atoms. The molecule has 0 saturated carbocycles. The third-order valence-corrected chi connectivity index (χ3v) is 4.05. The van der Waals surface area contributed by atoms with E-state index in [0.717, 1.165) is 22.4 Å². The Labute approximate surface area is 115 Å². The Morgan fingerprint density at radius 1 is 1.21 bits per heavy atom. The highest BCUT2D eigenvalue weighted by Crippen LogP contribution is 2.34. The molecule has 0 bridgehead atoms.